The Balaban J connectivity index is 2.78. The number of methoxy groups -OCH3 is 1. The van der Waals surface area contributed by atoms with Crippen molar-refractivity contribution in [3.63, 3.8) is 0 Å². The highest BCUT2D eigenvalue weighted by molar-refractivity contribution is 5.89. The molecular weight excluding hydrogens is 248 g/mol. The molecule has 0 heterocycles. The van der Waals surface area contributed by atoms with Gasteiger partial charge < -0.3 is 15.2 Å². The number of hydrogen-bond acceptors (Lipinski definition) is 5. The second kappa shape index (κ2) is 7.10. The van der Waals surface area contributed by atoms with Gasteiger partial charge in [0, 0.05) is 0 Å². The highest BCUT2D eigenvalue weighted by Crippen LogP contribution is 2.34. The number of carbonyl (C=O) groups excluding carboxylic acids is 2. The Morgan fingerprint density at radius 2 is 1.95 bits per heavy atom. The second-order valence-corrected chi connectivity index (χ2v) is 4.84. The highest BCUT2D eigenvalue weighted by Gasteiger charge is 2.40. The van der Waals surface area contributed by atoms with Gasteiger partial charge in [0.05, 0.1) is 19.8 Å². The molecule has 0 aromatic carbocycles. The molecule has 1 aliphatic rings. The summed E-state index contributed by atoms with van der Waals surface area (Å²) in [6, 6.07) is 0.992. The van der Waals surface area contributed by atoms with Crippen molar-refractivity contribution in [2.24, 2.45) is 5.41 Å². The molecule has 6 nitrogen and oxygen atoms in total. The van der Waals surface area contributed by atoms with Crippen LogP contribution in [0.2, 0.25) is 0 Å². The Hall–Kier alpha value is -1.61. The summed E-state index contributed by atoms with van der Waals surface area (Å²) in [6.45, 7) is -0.542. The summed E-state index contributed by atoms with van der Waals surface area (Å²) >= 11 is 0. The van der Waals surface area contributed by atoms with Gasteiger partial charge in [0.1, 0.15) is 5.41 Å². The molecule has 1 aliphatic carbocycles. The highest BCUT2D eigenvalue weighted by atomic mass is 16.5. The molecule has 106 valence electrons. The van der Waals surface area contributed by atoms with Gasteiger partial charge in [0.2, 0.25) is 5.91 Å². The van der Waals surface area contributed by atoms with E-state index >= 15 is 0 Å². The SMILES string of the molecule is COC(=O)C(CO)NC(=O)C1(C#N)CCCCCC1. The van der Waals surface area contributed by atoms with Crippen molar-refractivity contribution in [1.82, 2.24) is 5.32 Å². The number of nitrogens with one attached hydrogen (secondary N) is 1. The third-order valence-electron chi connectivity index (χ3n) is 3.58. The first-order chi connectivity index (χ1) is 9.09. The molecule has 0 bridgehead atoms. The number of aliphatic hydroxyl groups is 1. The maximum atomic E-state index is 12.2. The van der Waals surface area contributed by atoms with Gasteiger partial charge in [-0.15, -0.1) is 0 Å². The predicted octanol–water partition coefficient (Wildman–Crippen LogP) is 0.501. The minimum Gasteiger partial charge on any atom is -0.467 e. The van der Waals surface area contributed by atoms with Gasteiger partial charge >= 0.3 is 5.97 Å². The minimum absolute atomic E-state index is 0.485. The van der Waals surface area contributed by atoms with Gasteiger partial charge in [-0.1, -0.05) is 25.7 Å². The Labute approximate surface area is 112 Å². The van der Waals surface area contributed by atoms with E-state index in [4.69, 9.17) is 5.11 Å². The zero-order chi connectivity index (χ0) is 14.3. The lowest BCUT2D eigenvalue weighted by Gasteiger charge is -2.25. The summed E-state index contributed by atoms with van der Waals surface area (Å²) in [5.74, 6) is -1.20. The molecule has 0 aromatic rings. The smallest absolute Gasteiger partial charge is 0.330 e. The van der Waals surface area contributed by atoms with Gasteiger partial charge in [-0.05, 0) is 12.8 Å². The molecule has 0 saturated heterocycles. The van der Waals surface area contributed by atoms with Gasteiger partial charge in [0.25, 0.3) is 0 Å². The third-order valence-corrected chi connectivity index (χ3v) is 3.58. The number of carbonyl (C=O) groups is 2. The summed E-state index contributed by atoms with van der Waals surface area (Å²) in [6.07, 6.45) is 4.66. The Morgan fingerprint density at radius 1 is 1.37 bits per heavy atom. The van der Waals surface area contributed by atoms with Gasteiger partial charge in [-0.3, -0.25) is 4.79 Å². The van der Waals surface area contributed by atoms with Crippen LogP contribution in [0.15, 0.2) is 0 Å². The molecule has 19 heavy (non-hydrogen) atoms. The minimum atomic E-state index is -1.11. The first kappa shape index (κ1) is 15.4. The van der Waals surface area contributed by atoms with Crippen molar-refractivity contribution in [3.05, 3.63) is 0 Å². The van der Waals surface area contributed by atoms with Crippen LogP contribution in [-0.2, 0) is 14.3 Å². The molecule has 0 aromatic heterocycles. The van der Waals surface area contributed by atoms with Gasteiger partial charge in [-0.25, -0.2) is 4.79 Å². The summed E-state index contributed by atoms with van der Waals surface area (Å²) in [4.78, 5) is 23.6. The first-order valence-corrected chi connectivity index (χ1v) is 6.50. The number of nitriles is 1. The standard InChI is InChI=1S/C13H20N2O4/c1-19-11(17)10(8-16)15-12(18)13(9-14)6-4-2-3-5-7-13/h10,16H,2-8H2,1H3,(H,15,18). The summed E-state index contributed by atoms with van der Waals surface area (Å²) in [5, 5.41) is 20.8. The quantitative estimate of drug-likeness (QED) is 0.571. The van der Waals surface area contributed by atoms with E-state index in [2.05, 4.69) is 16.1 Å². The number of esters is 1. The molecule has 0 radical (unpaired) electrons. The van der Waals surface area contributed by atoms with E-state index < -0.39 is 29.9 Å². The fraction of sp³-hybridized carbons (Fsp3) is 0.769. The summed E-state index contributed by atoms with van der Waals surface area (Å²) in [5.41, 5.74) is -1.09. The number of aliphatic hydroxyl groups excluding tert-OH is 1. The lowest BCUT2D eigenvalue weighted by atomic mass is 9.81. The molecule has 6 heteroatoms. The third kappa shape index (κ3) is 3.67. The zero-order valence-electron chi connectivity index (χ0n) is 11.1. The predicted molar refractivity (Wildman–Crippen MR) is 66.8 cm³/mol. The van der Waals surface area contributed by atoms with Crippen molar-refractivity contribution >= 4 is 11.9 Å². The molecule has 2 N–H and O–H groups in total. The largest absolute Gasteiger partial charge is 0.467 e. The Kier molecular flexibility index (Phi) is 5.77. The number of ether oxygens (including phenoxy) is 1. The van der Waals surface area contributed by atoms with Crippen molar-refractivity contribution < 1.29 is 19.4 Å². The van der Waals surface area contributed by atoms with Crippen molar-refractivity contribution in [2.45, 2.75) is 44.6 Å². The fourth-order valence-electron chi connectivity index (χ4n) is 2.34. The van der Waals surface area contributed by atoms with Crippen LogP contribution in [0.4, 0.5) is 0 Å². The van der Waals surface area contributed by atoms with Crippen LogP contribution >= 0.6 is 0 Å². The van der Waals surface area contributed by atoms with Crippen molar-refractivity contribution in [2.75, 3.05) is 13.7 Å². The molecule has 1 atom stereocenters. The average molecular weight is 268 g/mol. The Morgan fingerprint density at radius 3 is 2.37 bits per heavy atom. The van der Waals surface area contributed by atoms with Crippen LogP contribution in [-0.4, -0.2) is 36.7 Å². The van der Waals surface area contributed by atoms with E-state index in [1.165, 1.54) is 7.11 Å². The Bertz CT molecular complexity index is 367. The molecule has 1 fully saturated rings. The maximum Gasteiger partial charge on any atom is 0.330 e. The van der Waals surface area contributed by atoms with Crippen molar-refractivity contribution in [3.8, 4) is 6.07 Å². The van der Waals surface area contributed by atoms with E-state index in [0.29, 0.717) is 12.8 Å². The molecule has 1 rings (SSSR count). The second-order valence-electron chi connectivity index (χ2n) is 4.84. The maximum absolute atomic E-state index is 12.2. The fourth-order valence-corrected chi connectivity index (χ4v) is 2.34. The van der Waals surface area contributed by atoms with Crippen molar-refractivity contribution in [1.29, 1.82) is 5.26 Å². The number of amides is 1. The van der Waals surface area contributed by atoms with E-state index in [1.54, 1.807) is 0 Å². The van der Waals surface area contributed by atoms with E-state index in [-0.39, 0.29) is 0 Å². The average Bonchev–Trinajstić information content (AvgIpc) is 2.69. The van der Waals surface area contributed by atoms with Gasteiger partial charge in [-0.2, -0.15) is 5.26 Å². The molecular formula is C13H20N2O4. The van der Waals surface area contributed by atoms with Crippen LogP contribution in [0.1, 0.15) is 38.5 Å². The van der Waals surface area contributed by atoms with Crippen LogP contribution in [0.25, 0.3) is 0 Å². The normalized spacial score (nSPS) is 19.6. The molecule has 1 amide bonds. The van der Waals surface area contributed by atoms with E-state index in [1.807, 2.05) is 0 Å². The first-order valence-electron chi connectivity index (χ1n) is 6.50. The van der Waals surface area contributed by atoms with E-state index in [9.17, 15) is 14.9 Å². The number of nitrogens with zero attached hydrogens (tertiary/aromatic N) is 1. The summed E-state index contributed by atoms with van der Waals surface area (Å²) < 4.78 is 4.49. The molecule has 0 aliphatic heterocycles. The lowest BCUT2D eigenvalue weighted by Crippen LogP contribution is -2.50. The topological polar surface area (TPSA) is 99.4 Å². The number of rotatable bonds is 4. The summed E-state index contributed by atoms with van der Waals surface area (Å²) in [7, 11) is 1.18. The zero-order valence-corrected chi connectivity index (χ0v) is 11.1. The molecule has 0 spiro atoms. The number of hydrogen-bond donors (Lipinski definition) is 2. The van der Waals surface area contributed by atoms with Crippen LogP contribution in [0, 0.1) is 16.7 Å². The lowest BCUT2D eigenvalue weighted by molar-refractivity contribution is -0.147. The monoisotopic (exact) mass is 268 g/mol. The van der Waals surface area contributed by atoms with Crippen LogP contribution in [0.5, 0.6) is 0 Å². The molecule has 1 saturated carbocycles. The molecule has 1 unspecified atom stereocenters. The van der Waals surface area contributed by atoms with Crippen LogP contribution in [0.3, 0.4) is 0 Å². The van der Waals surface area contributed by atoms with Gasteiger partial charge in [0.15, 0.2) is 6.04 Å². The van der Waals surface area contributed by atoms with E-state index in [0.717, 1.165) is 25.7 Å². The van der Waals surface area contributed by atoms with Crippen LogP contribution < -0.4 is 5.32 Å².